The minimum absolute atomic E-state index is 0.00539. The van der Waals surface area contributed by atoms with Gasteiger partial charge in [-0.1, -0.05) is 32.9 Å². The van der Waals surface area contributed by atoms with E-state index in [9.17, 15) is 14.4 Å². The minimum Gasteiger partial charge on any atom is -0.482 e. The molecule has 1 atom stereocenters. The predicted octanol–water partition coefficient (Wildman–Crippen LogP) is 1.63. The lowest BCUT2D eigenvalue weighted by molar-refractivity contribution is -0.134. The number of ether oxygens (including phenoxy) is 1. The summed E-state index contributed by atoms with van der Waals surface area (Å²) in [4.78, 5) is 35.7. The summed E-state index contributed by atoms with van der Waals surface area (Å²) in [5.41, 5.74) is 1.32. The number of carbonyl (C=O) groups is 3. The molecule has 8 heteroatoms. The van der Waals surface area contributed by atoms with Crippen molar-refractivity contribution < 1.29 is 19.1 Å². The maximum Gasteiger partial charge on any atom is 0.257 e. The molecule has 28 heavy (non-hydrogen) atoms. The highest BCUT2D eigenvalue weighted by Crippen LogP contribution is 2.34. The number of benzene rings is 1. The molecule has 1 fully saturated rings. The van der Waals surface area contributed by atoms with Crippen LogP contribution in [-0.4, -0.2) is 40.7 Å². The molecule has 0 bridgehead atoms. The largest absolute Gasteiger partial charge is 0.482 e. The number of imide groups is 1. The number of fused-ring (bicyclic) bond motifs is 1. The van der Waals surface area contributed by atoms with Gasteiger partial charge in [0.1, 0.15) is 11.3 Å². The van der Waals surface area contributed by atoms with Crippen molar-refractivity contribution in [3.63, 3.8) is 0 Å². The van der Waals surface area contributed by atoms with Crippen molar-refractivity contribution in [3.8, 4) is 5.75 Å². The first-order chi connectivity index (χ1) is 13.2. The summed E-state index contributed by atoms with van der Waals surface area (Å²) in [6, 6.07) is 5.45. The van der Waals surface area contributed by atoms with Crippen LogP contribution < -0.4 is 15.4 Å². The summed E-state index contributed by atoms with van der Waals surface area (Å²) in [6.07, 6.45) is 0.718. The van der Waals surface area contributed by atoms with Crippen LogP contribution in [0.3, 0.4) is 0 Å². The molecule has 150 valence electrons. The highest BCUT2D eigenvalue weighted by Gasteiger charge is 2.32. The molecule has 3 amide bonds. The van der Waals surface area contributed by atoms with Gasteiger partial charge < -0.3 is 10.1 Å². The standard InChI is InChI=1S/C20H26N4O4/c1-20(2,3)11-21-16(26)10-28-14-7-5-6-12-17(23-24(4)18(12)14)13-8-9-15(25)22-19(13)27/h5-7,13H,8-11H2,1-4H3,(H,21,26)(H,22,25,27). The molecule has 1 saturated heterocycles. The third-order valence-electron chi connectivity index (χ3n) is 4.60. The summed E-state index contributed by atoms with van der Waals surface area (Å²) in [6.45, 7) is 6.59. The lowest BCUT2D eigenvalue weighted by Gasteiger charge is -2.19. The van der Waals surface area contributed by atoms with Gasteiger partial charge in [-0.2, -0.15) is 5.10 Å². The quantitative estimate of drug-likeness (QED) is 0.761. The lowest BCUT2D eigenvalue weighted by Crippen LogP contribution is -2.39. The van der Waals surface area contributed by atoms with Gasteiger partial charge in [-0.05, 0) is 17.9 Å². The van der Waals surface area contributed by atoms with Crippen molar-refractivity contribution in [3.05, 3.63) is 23.9 Å². The van der Waals surface area contributed by atoms with E-state index in [2.05, 4.69) is 15.7 Å². The summed E-state index contributed by atoms with van der Waals surface area (Å²) in [5.74, 6) is -0.737. The second kappa shape index (κ2) is 7.61. The molecule has 2 aromatic rings. The molecule has 0 aliphatic carbocycles. The SMILES string of the molecule is Cn1nc(C2CCC(=O)NC2=O)c2cccc(OCC(=O)NCC(C)(C)C)c21. The van der Waals surface area contributed by atoms with E-state index in [-0.39, 0.29) is 29.7 Å². The topological polar surface area (TPSA) is 102 Å². The Morgan fingerprint density at radius 2 is 2.11 bits per heavy atom. The van der Waals surface area contributed by atoms with E-state index in [0.29, 0.717) is 36.3 Å². The second-order valence-electron chi connectivity index (χ2n) is 8.29. The molecule has 1 unspecified atom stereocenters. The van der Waals surface area contributed by atoms with Crippen molar-refractivity contribution in [2.75, 3.05) is 13.2 Å². The molecule has 2 N–H and O–H groups in total. The summed E-state index contributed by atoms with van der Waals surface area (Å²) in [7, 11) is 1.77. The van der Waals surface area contributed by atoms with Crippen LogP contribution in [0.2, 0.25) is 0 Å². The van der Waals surface area contributed by atoms with E-state index in [1.165, 1.54) is 0 Å². The Morgan fingerprint density at radius 3 is 2.79 bits per heavy atom. The van der Waals surface area contributed by atoms with Crippen LogP contribution >= 0.6 is 0 Å². The number of nitrogens with zero attached hydrogens (tertiary/aromatic N) is 2. The van der Waals surface area contributed by atoms with Crippen molar-refractivity contribution in [2.45, 2.75) is 39.5 Å². The number of amides is 3. The van der Waals surface area contributed by atoms with Crippen molar-refractivity contribution >= 4 is 28.6 Å². The van der Waals surface area contributed by atoms with E-state index in [1.807, 2.05) is 32.9 Å². The van der Waals surface area contributed by atoms with E-state index < -0.39 is 5.92 Å². The van der Waals surface area contributed by atoms with Crippen LogP contribution in [0.25, 0.3) is 10.9 Å². The highest BCUT2D eigenvalue weighted by molar-refractivity contribution is 6.03. The van der Waals surface area contributed by atoms with Crippen molar-refractivity contribution in [2.24, 2.45) is 12.5 Å². The zero-order chi connectivity index (χ0) is 20.5. The molecule has 0 spiro atoms. The first kappa shape index (κ1) is 19.9. The van der Waals surface area contributed by atoms with Crippen LogP contribution in [0.4, 0.5) is 0 Å². The first-order valence-electron chi connectivity index (χ1n) is 9.34. The van der Waals surface area contributed by atoms with E-state index in [0.717, 1.165) is 5.39 Å². The number of hydrogen-bond acceptors (Lipinski definition) is 5. The molecule has 1 aliphatic rings. The molecule has 2 heterocycles. The fourth-order valence-electron chi connectivity index (χ4n) is 3.21. The third-order valence-corrected chi connectivity index (χ3v) is 4.60. The molecular weight excluding hydrogens is 360 g/mol. The Kier molecular flexibility index (Phi) is 5.40. The molecule has 3 rings (SSSR count). The third kappa shape index (κ3) is 4.32. The van der Waals surface area contributed by atoms with Gasteiger partial charge in [0, 0.05) is 25.4 Å². The molecule has 1 aromatic carbocycles. The fraction of sp³-hybridized carbons (Fsp3) is 0.500. The zero-order valence-electron chi connectivity index (χ0n) is 16.7. The van der Waals surface area contributed by atoms with E-state index in [4.69, 9.17) is 4.74 Å². The summed E-state index contributed by atoms with van der Waals surface area (Å²) >= 11 is 0. The van der Waals surface area contributed by atoms with Crippen LogP contribution in [0.15, 0.2) is 18.2 Å². The van der Waals surface area contributed by atoms with Gasteiger partial charge in [-0.15, -0.1) is 0 Å². The normalized spacial score (nSPS) is 17.5. The fourth-order valence-corrected chi connectivity index (χ4v) is 3.21. The Labute approximate surface area is 163 Å². The second-order valence-corrected chi connectivity index (χ2v) is 8.29. The zero-order valence-corrected chi connectivity index (χ0v) is 16.7. The van der Waals surface area contributed by atoms with E-state index >= 15 is 0 Å². The van der Waals surface area contributed by atoms with Gasteiger partial charge in [0.2, 0.25) is 11.8 Å². The van der Waals surface area contributed by atoms with Crippen molar-refractivity contribution in [1.82, 2.24) is 20.4 Å². The maximum absolute atomic E-state index is 12.2. The average molecular weight is 386 g/mol. The van der Waals surface area contributed by atoms with Crippen LogP contribution in [0.1, 0.15) is 45.2 Å². The molecule has 8 nitrogen and oxygen atoms in total. The number of para-hydroxylation sites is 1. The number of aryl methyl sites for hydroxylation is 1. The minimum atomic E-state index is -0.480. The average Bonchev–Trinajstić information content (AvgIpc) is 2.95. The molecule has 0 radical (unpaired) electrons. The highest BCUT2D eigenvalue weighted by atomic mass is 16.5. The van der Waals surface area contributed by atoms with Gasteiger partial charge in [0.15, 0.2) is 6.61 Å². The Bertz CT molecular complexity index is 926. The van der Waals surface area contributed by atoms with Crippen LogP contribution in [0.5, 0.6) is 5.75 Å². The van der Waals surface area contributed by atoms with Crippen LogP contribution in [0, 0.1) is 5.41 Å². The monoisotopic (exact) mass is 386 g/mol. The first-order valence-corrected chi connectivity index (χ1v) is 9.34. The Morgan fingerprint density at radius 1 is 1.36 bits per heavy atom. The smallest absolute Gasteiger partial charge is 0.257 e. The number of aromatic nitrogens is 2. The van der Waals surface area contributed by atoms with Crippen LogP contribution in [-0.2, 0) is 21.4 Å². The number of rotatable bonds is 5. The Hall–Kier alpha value is -2.90. The van der Waals surface area contributed by atoms with Gasteiger partial charge in [-0.3, -0.25) is 24.4 Å². The van der Waals surface area contributed by atoms with Gasteiger partial charge >= 0.3 is 0 Å². The van der Waals surface area contributed by atoms with E-state index in [1.54, 1.807) is 17.8 Å². The van der Waals surface area contributed by atoms with Gasteiger partial charge in [-0.25, -0.2) is 0 Å². The predicted molar refractivity (Wildman–Crippen MR) is 104 cm³/mol. The maximum atomic E-state index is 12.2. The molecule has 1 aliphatic heterocycles. The van der Waals surface area contributed by atoms with Crippen molar-refractivity contribution in [1.29, 1.82) is 0 Å². The Balaban J connectivity index is 1.80. The number of piperidine rings is 1. The summed E-state index contributed by atoms with van der Waals surface area (Å²) in [5, 5.41) is 10.5. The van der Waals surface area contributed by atoms with Gasteiger partial charge in [0.05, 0.1) is 11.6 Å². The molecule has 0 saturated carbocycles. The van der Waals surface area contributed by atoms with Gasteiger partial charge in [0.25, 0.3) is 5.91 Å². The number of hydrogen-bond donors (Lipinski definition) is 2. The molecular formula is C20H26N4O4. The molecule has 1 aromatic heterocycles. The number of carbonyl (C=O) groups excluding carboxylic acids is 3. The lowest BCUT2D eigenvalue weighted by atomic mass is 9.93. The summed E-state index contributed by atoms with van der Waals surface area (Å²) < 4.78 is 7.39. The number of nitrogens with one attached hydrogen (secondary N) is 2.